The van der Waals surface area contributed by atoms with Crippen molar-refractivity contribution in [2.24, 2.45) is 5.92 Å². The number of halogens is 4. The Balaban J connectivity index is 0.000000295. The Morgan fingerprint density at radius 1 is 1.03 bits per heavy atom. The fourth-order valence-corrected chi connectivity index (χ4v) is 5.34. The molecule has 4 nitrogen and oxygen atoms in total. The highest BCUT2D eigenvalue weighted by Gasteiger charge is 2.30. The number of hydrogen-bond donors (Lipinski definition) is 1. The second kappa shape index (κ2) is 12.1. The number of hydrogen-bond acceptors (Lipinski definition) is 4. The van der Waals surface area contributed by atoms with Crippen molar-refractivity contribution in [3.63, 3.8) is 0 Å². The van der Waals surface area contributed by atoms with Crippen LogP contribution in [0, 0.1) is 33.6 Å². The molecule has 2 aliphatic rings. The molecule has 0 bridgehead atoms. The number of rotatable bonds is 2. The number of carbonyl (C=O) groups excluding carboxylic acids is 1. The van der Waals surface area contributed by atoms with Crippen molar-refractivity contribution in [3.8, 4) is 0 Å². The molecule has 1 fully saturated rings. The lowest BCUT2D eigenvalue weighted by molar-refractivity contribution is -0.188. The number of pyridine rings is 1. The number of nitrogens with zero attached hydrogens (tertiary/aromatic N) is 1. The molecule has 2 aromatic rings. The first-order chi connectivity index (χ1) is 17.3. The summed E-state index contributed by atoms with van der Waals surface area (Å²) in [6.45, 7) is 12.8. The normalized spacial score (nSPS) is 15.4. The van der Waals surface area contributed by atoms with Crippen LogP contribution in [0.25, 0.3) is 5.57 Å². The number of nitrogens with one attached hydrogen (secondary N) is 1. The van der Waals surface area contributed by atoms with Crippen LogP contribution in [0.5, 0.6) is 0 Å². The predicted octanol–water partition coefficient (Wildman–Crippen LogP) is 7.11. The van der Waals surface area contributed by atoms with E-state index < -0.39 is 24.7 Å². The van der Waals surface area contributed by atoms with Gasteiger partial charge in [-0.15, -0.1) is 0 Å². The Bertz CT molecular complexity index is 1190. The zero-order chi connectivity index (χ0) is 27.5. The number of fused-ring (bicyclic) bond motifs is 2. The molecule has 8 heteroatoms. The highest BCUT2D eigenvalue weighted by molar-refractivity contribution is 9.10. The molecule has 202 valence electrons. The van der Waals surface area contributed by atoms with Crippen molar-refractivity contribution in [2.75, 3.05) is 19.7 Å². The number of benzene rings is 1. The number of esters is 1. The number of ether oxygens (including phenoxy) is 1. The molecule has 0 unspecified atom stereocenters. The lowest BCUT2D eigenvalue weighted by Crippen LogP contribution is -2.24. The van der Waals surface area contributed by atoms with E-state index in [1.165, 1.54) is 58.5 Å². The zero-order valence-electron chi connectivity index (χ0n) is 22.5. The molecule has 0 spiro atoms. The van der Waals surface area contributed by atoms with Gasteiger partial charge < -0.3 is 10.1 Å². The zero-order valence-corrected chi connectivity index (χ0v) is 24.0. The van der Waals surface area contributed by atoms with Crippen molar-refractivity contribution < 1.29 is 22.7 Å². The van der Waals surface area contributed by atoms with Gasteiger partial charge in [0.1, 0.15) is 0 Å². The molecule has 2 heterocycles. The molecule has 37 heavy (non-hydrogen) atoms. The Kier molecular flexibility index (Phi) is 9.62. The van der Waals surface area contributed by atoms with E-state index in [-0.39, 0.29) is 0 Å². The fourth-order valence-electron chi connectivity index (χ4n) is 4.96. The summed E-state index contributed by atoms with van der Waals surface area (Å²) in [6.07, 6.45) is 1.95. The molecule has 1 aliphatic carbocycles. The minimum Gasteiger partial charge on any atom is -0.456 e. The Hall–Kier alpha value is -2.19. The van der Waals surface area contributed by atoms with Gasteiger partial charge in [-0.25, -0.2) is 0 Å². The average Bonchev–Trinajstić information content (AvgIpc) is 3.02. The summed E-state index contributed by atoms with van der Waals surface area (Å²) in [7, 11) is 0. The van der Waals surface area contributed by atoms with Crippen molar-refractivity contribution >= 4 is 27.5 Å². The van der Waals surface area contributed by atoms with Crippen LogP contribution in [0.3, 0.4) is 0 Å². The number of alkyl halides is 3. The average molecular weight is 582 g/mol. The Labute approximate surface area is 226 Å². The van der Waals surface area contributed by atoms with Crippen LogP contribution in [0.1, 0.15) is 71.3 Å². The van der Waals surface area contributed by atoms with Gasteiger partial charge in [0.2, 0.25) is 0 Å². The topological polar surface area (TPSA) is 51.2 Å². The molecule has 1 aliphatic heterocycles. The quantitative estimate of drug-likeness (QED) is 0.384. The largest absolute Gasteiger partial charge is 0.456 e. The first-order valence-corrected chi connectivity index (χ1v) is 13.5. The summed E-state index contributed by atoms with van der Waals surface area (Å²) in [6, 6.07) is 2.28. The third kappa shape index (κ3) is 7.02. The van der Waals surface area contributed by atoms with E-state index in [0.29, 0.717) is 0 Å². The summed E-state index contributed by atoms with van der Waals surface area (Å²) in [5.74, 6) is -1.35. The lowest BCUT2D eigenvalue weighted by atomic mass is 9.81. The maximum absolute atomic E-state index is 11.4. The van der Waals surface area contributed by atoms with E-state index in [0.717, 1.165) is 43.2 Å². The van der Waals surface area contributed by atoms with Crippen LogP contribution in [0.15, 0.2) is 22.3 Å². The number of piperidine rings is 1. The van der Waals surface area contributed by atoms with Gasteiger partial charge in [-0.2, -0.15) is 13.2 Å². The van der Waals surface area contributed by atoms with E-state index in [9.17, 15) is 18.0 Å². The molecular formula is C29H36BrF3N2O2. The highest BCUT2D eigenvalue weighted by Crippen LogP contribution is 2.42. The molecule has 0 radical (unpaired) electrons. The Morgan fingerprint density at radius 2 is 1.65 bits per heavy atom. The molecule has 1 aromatic heterocycles. The number of aryl methyl sites for hydroxylation is 1. The number of carbonyl (C=O) groups is 1. The second-order valence-electron chi connectivity index (χ2n) is 10.1. The van der Waals surface area contributed by atoms with E-state index in [4.69, 9.17) is 4.98 Å². The summed E-state index contributed by atoms with van der Waals surface area (Å²) in [5.41, 5.74) is 14.4. The van der Waals surface area contributed by atoms with Crippen LogP contribution in [-0.2, 0) is 22.4 Å². The van der Waals surface area contributed by atoms with Gasteiger partial charge in [-0.05, 0) is 127 Å². The molecule has 1 saturated heterocycles. The third-order valence-corrected chi connectivity index (χ3v) is 7.73. The molecule has 1 N–H and O–H groups in total. The van der Waals surface area contributed by atoms with Gasteiger partial charge in [0, 0.05) is 16.2 Å². The smallest absolute Gasteiger partial charge is 0.422 e. The van der Waals surface area contributed by atoms with Crippen LogP contribution in [0.2, 0.25) is 0 Å². The van der Waals surface area contributed by atoms with E-state index in [1.54, 1.807) is 11.1 Å². The van der Waals surface area contributed by atoms with Gasteiger partial charge in [0.15, 0.2) is 6.61 Å². The predicted molar refractivity (Wildman–Crippen MR) is 145 cm³/mol. The molecule has 0 atom stereocenters. The monoisotopic (exact) mass is 580 g/mol. The third-order valence-electron chi connectivity index (χ3n) is 7.29. The van der Waals surface area contributed by atoms with Crippen molar-refractivity contribution in [1.29, 1.82) is 0 Å². The summed E-state index contributed by atoms with van der Waals surface area (Å²) in [4.78, 5) is 15.4. The van der Waals surface area contributed by atoms with Crippen LogP contribution in [0.4, 0.5) is 13.2 Å². The van der Waals surface area contributed by atoms with Crippen LogP contribution < -0.4 is 5.32 Å². The van der Waals surface area contributed by atoms with E-state index in [2.05, 4.69) is 59.7 Å². The summed E-state index contributed by atoms with van der Waals surface area (Å²) >= 11 is 3.63. The van der Waals surface area contributed by atoms with Crippen LogP contribution >= 0.6 is 15.9 Å². The molecule has 4 rings (SSSR count). The van der Waals surface area contributed by atoms with Crippen molar-refractivity contribution in [1.82, 2.24) is 10.3 Å². The fraction of sp³-hybridized carbons (Fsp3) is 0.517. The summed E-state index contributed by atoms with van der Waals surface area (Å²) < 4.78 is 39.2. The molecule has 0 amide bonds. The van der Waals surface area contributed by atoms with Gasteiger partial charge in [-0.3, -0.25) is 9.78 Å². The van der Waals surface area contributed by atoms with Gasteiger partial charge >= 0.3 is 12.1 Å². The maximum Gasteiger partial charge on any atom is 0.422 e. The van der Waals surface area contributed by atoms with E-state index >= 15 is 0 Å². The first-order valence-electron chi connectivity index (χ1n) is 12.7. The van der Waals surface area contributed by atoms with Gasteiger partial charge in [0.25, 0.3) is 0 Å². The summed E-state index contributed by atoms with van der Waals surface area (Å²) in [5, 5.41) is 3.51. The number of aromatic nitrogens is 1. The minimum absolute atomic E-state index is 0.516. The molecule has 1 aromatic carbocycles. The van der Waals surface area contributed by atoms with Crippen molar-refractivity contribution in [3.05, 3.63) is 66.9 Å². The lowest BCUT2D eigenvalue weighted by Gasteiger charge is -2.25. The van der Waals surface area contributed by atoms with Crippen LogP contribution in [-0.4, -0.2) is 36.8 Å². The van der Waals surface area contributed by atoms with E-state index in [1.807, 2.05) is 6.20 Å². The standard InChI is InChI=1S/C23H27BrN2.C6H9F3O2/c1-13-14(2)16(4)21-20(15(13)3)6-5-18-11-19(24)12-26-23(18)22(21)17-7-9-25-10-8-17;1-4(2)5(10)11-3-6(7,8)9/h11-12,25H,5-10H2,1-4H3;4H,3H2,1-2H3. The first kappa shape index (κ1) is 29.4. The SMILES string of the molecule is CC(C)C(=O)OCC(F)(F)F.Cc1c(C)c(C)c2c(c1C)CCc1cc(Br)cnc1C2=C1CCNCC1. The highest BCUT2D eigenvalue weighted by atomic mass is 79.9. The Morgan fingerprint density at radius 3 is 2.24 bits per heavy atom. The van der Waals surface area contributed by atoms with Gasteiger partial charge in [0.05, 0.1) is 11.6 Å². The maximum atomic E-state index is 11.4. The van der Waals surface area contributed by atoms with Crippen molar-refractivity contribution in [2.45, 2.75) is 73.4 Å². The minimum atomic E-state index is -4.43. The van der Waals surface area contributed by atoms with Gasteiger partial charge in [-0.1, -0.05) is 19.4 Å². The second-order valence-corrected chi connectivity index (χ2v) is 11.0. The molecular weight excluding hydrogens is 545 g/mol. The molecule has 0 saturated carbocycles.